The third-order valence-corrected chi connectivity index (χ3v) is 17.2. The molecule has 28 heteroatoms. The highest BCUT2D eigenvalue weighted by Gasteiger charge is 2.32. The molecule has 0 aliphatic rings. The van der Waals surface area contributed by atoms with Crippen LogP contribution in [0.15, 0.2) is 239 Å². The smallest absolute Gasteiger partial charge is 0.465 e. The number of esters is 2. The number of hydrogen-bond donors (Lipinski definition) is 0. The van der Waals surface area contributed by atoms with Crippen molar-refractivity contribution in [3.8, 4) is 83.3 Å². The lowest BCUT2D eigenvalue weighted by molar-refractivity contribution is -0.275. The molecule has 0 unspecified atom stereocenters. The Morgan fingerprint density at radius 1 is 0.370 bits per heavy atom. The van der Waals surface area contributed by atoms with Gasteiger partial charge in [-0.1, -0.05) is 66.7 Å². The molecular weight excluding hydrogens is 1460 g/mol. The van der Waals surface area contributed by atoms with E-state index in [1.807, 2.05) is 150 Å². The van der Waals surface area contributed by atoms with Gasteiger partial charge in [-0.3, -0.25) is 9.59 Å². The number of thiazole rings is 3. The highest BCUT2D eigenvalue weighted by atomic mass is 32.1. The summed E-state index contributed by atoms with van der Waals surface area (Å²) in [7, 11) is 2.73. The largest absolute Gasteiger partial charge is 0.573 e. The summed E-state index contributed by atoms with van der Waals surface area (Å²) in [6.07, 6.45) is 2.92. The summed E-state index contributed by atoms with van der Waals surface area (Å²) in [6, 6.07) is 52.0. The Morgan fingerprint density at radius 3 is 0.917 bits per heavy atom. The van der Waals surface area contributed by atoms with Crippen LogP contribution in [0.3, 0.4) is 0 Å². The summed E-state index contributed by atoms with van der Waals surface area (Å²) >= 11 is 4.78. The second kappa shape index (κ2) is 38.7. The number of ether oxygens (including phenoxy) is 4. The number of ketones is 2. The van der Waals surface area contributed by atoms with Crippen LogP contribution in [0.2, 0.25) is 0 Å². The molecule has 0 bridgehead atoms. The van der Waals surface area contributed by atoms with E-state index in [0.29, 0.717) is 45.7 Å². The van der Waals surface area contributed by atoms with E-state index in [0.717, 1.165) is 76.2 Å². The maximum absolute atomic E-state index is 11.9. The molecule has 0 N–H and O–H groups in total. The van der Waals surface area contributed by atoms with Crippen LogP contribution in [0.4, 0.5) is 26.3 Å². The minimum absolute atomic E-state index is 0.0603. The van der Waals surface area contributed by atoms with Gasteiger partial charge in [0.1, 0.15) is 43.8 Å². The number of rotatable bonds is 13. The molecule has 0 saturated carbocycles. The average Bonchev–Trinajstić information content (AvgIpc) is 1.63. The Morgan fingerprint density at radius 2 is 0.667 bits per heavy atom. The molecule has 7 aromatic heterocycles. The Labute approximate surface area is 629 Å². The molecule has 14 aromatic rings. The number of benzene rings is 7. The van der Waals surface area contributed by atoms with Crippen LogP contribution in [0.1, 0.15) is 92.9 Å². The first kappa shape index (κ1) is 81.4. The van der Waals surface area contributed by atoms with Gasteiger partial charge in [0, 0.05) is 83.9 Å². The zero-order chi connectivity index (χ0) is 78.1. The predicted molar refractivity (Wildman–Crippen MR) is 401 cm³/mol. The van der Waals surface area contributed by atoms with Crippen LogP contribution < -0.4 is 9.47 Å². The molecule has 7 aromatic carbocycles. The molecule has 0 atom stereocenters. The number of para-hydroxylation sites is 1. The second-order valence-electron chi connectivity index (χ2n) is 22.9. The molecule has 7 heterocycles. The van der Waals surface area contributed by atoms with E-state index in [4.69, 9.17) is 13.3 Å². The second-order valence-corrected chi connectivity index (χ2v) is 26.6. The van der Waals surface area contributed by atoms with Gasteiger partial charge >= 0.3 is 24.7 Å². The van der Waals surface area contributed by atoms with Gasteiger partial charge in [-0.25, -0.2) is 44.2 Å². The van der Waals surface area contributed by atoms with Crippen molar-refractivity contribution in [2.45, 2.75) is 75.0 Å². The quantitative estimate of drug-likeness (QED) is 0.0592. The Hall–Kier alpha value is -12.3. The van der Waals surface area contributed by atoms with Crippen molar-refractivity contribution in [2.75, 3.05) is 14.2 Å². The molecule has 0 saturated heterocycles. The first-order valence-corrected chi connectivity index (χ1v) is 34.9. The minimum atomic E-state index is -4.68. The third kappa shape index (κ3) is 25.8. The van der Waals surface area contributed by atoms with Gasteiger partial charge in [-0.05, 0) is 178 Å². The zero-order valence-electron chi connectivity index (χ0n) is 59.9. The number of carbonyl (C=O) groups excluding carboxylic acids is 4. The molecule has 14 rings (SSSR count). The number of alkyl halides is 6. The Balaban J connectivity index is 0.000000159. The Kier molecular flexibility index (Phi) is 29.1. The van der Waals surface area contributed by atoms with Crippen LogP contribution in [0.25, 0.3) is 71.8 Å². The maximum Gasteiger partial charge on any atom is 0.573 e. The molecule has 0 fully saturated rings. The first-order chi connectivity index (χ1) is 51.5. The first-order valence-electron chi connectivity index (χ1n) is 32.4. The number of aryl methyl sites for hydroxylation is 7. The molecule has 0 spiro atoms. The van der Waals surface area contributed by atoms with E-state index >= 15 is 0 Å². The SMILES string of the molecule is CC(=O)c1ccc(-c2ncc(C)o2)cc1.CC(=O)c1ccc(-c2ncc(C)s2)cc1.COC(=O)c1ccc(-c2ncc(C)o2)cc1.COC(=O)c1ccc(-c2ncc(C)s2)cc1.Cc1ccn(-c2ccccc2)n1.Cc1cnc(-c2ccc(OC(F)(F)F)cc2)o1.Cc1cnc(-c2ccc(OC(F)(F)F)cc2)s1. The summed E-state index contributed by atoms with van der Waals surface area (Å²) in [5, 5.41) is 7.05. The highest BCUT2D eigenvalue weighted by Crippen LogP contribution is 2.32. The molecule has 0 aliphatic carbocycles. The van der Waals surface area contributed by atoms with Crippen molar-refractivity contribution in [3.05, 3.63) is 285 Å². The lowest BCUT2D eigenvalue weighted by Gasteiger charge is -2.08. The predicted octanol–water partition coefficient (Wildman–Crippen LogP) is 21.3. The number of nitrogens with zero attached hydrogens (tertiary/aromatic N) is 8. The fraction of sp³-hybridized carbons (Fsp3) is 0.163. The molecule has 108 heavy (non-hydrogen) atoms. The molecule has 0 amide bonds. The Bertz CT molecular complexity index is 4880. The van der Waals surface area contributed by atoms with Crippen molar-refractivity contribution in [1.29, 1.82) is 0 Å². The molecule has 19 nitrogen and oxygen atoms in total. The van der Waals surface area contributed by atoms with Crippen LogP contribution in [0.5, 0.6) is 11.5 Å². The van der Waals surface area contributed by atoms with Gasteiger partial charge in [-0.15, -0.1) is 60.4 Å². The van der Waals surface area contributed by atoms with Crippen molar-refractivity contribution in [2.24, 2.45) is 0 Å². The van der Waals surface area contributed by atoms with E-state index in [1.165, 1.54) is 77.9 Å². The van der Waals surface area contributed by atoms with Gasteiger partial charge in [0.15, 0.2) is 11.6 Å². The molecule has 0 radical (unpaired) electrons. The monoisotopic (exact) mass is 1530 g/mol. The van der Waals surface area contributed by atoms with E-state index < -0.39 is 12.7 Å². The van der Waals surface area contributed by atoms with Crippen molar-refractivity contribution >= 4 is 57.5 Å². The van der Waals surface area contributed by atoms with E-state index in [-0.39, 0.29) is 35.0 Å². The molecule has 556 valence electrons. The zero-order valence-corrected chi connectivity index (χ0v) is 62.4. The van der Waals surface area contributed by atoms with Crippen molar-refractivity contribution < 1.29 is 77.7 Å². The number of Topliss-reactive ketones (excluding diaryl/α,β-unsaturated/α-hetero) is 2. The van der Waals surface area contributed by atoms with Crippen LogP contribution in [-0.2, 0) is 9.47 Å². The number of oxazole rings is 3. The van der Waals surface area contributed by atoms with Gasteiger partial charge in [0.05, 0.1) is 55.3 Å². The van der Waals surface area contributed by atoms with Crippen LogP contribution in [0, 0.1) is 48.5 Å². The minimum Gasteiger partial charge on any atom is -0.465 e. The highest BCUT2D eigenvalue weighted by molar-refractivity contribution is 7.15. The van der Waals surface area contributed by atoms with Gasteiger partial charge in [0.2, 0.25) is 17.7 Å². The van der Waals surface area contributed by atoms with E-state index in [2.05, 4.69) is 54.0 Å². The standard InChI is InChI=1S/C12H11NO3.C12H11NO2S.C12H11NO2.C12H11NOS.C11H8F3NO2.C11H8F3NOS.C10H10N2/c2*1-8-7-13-11(16-8)9-3-5-10(6-4-9)12(14)15-2;2*1-8-7-13-12(15-8)11-5-3-10(4-6-11)9(2)14;1-7-6-15-10(16-7)8-2-4-9(5-3-8)17-11(12,13)14;1-7-6-15-10(17-7)8-2-4-9(5-3-8)16-11(12,13)14;1-9-7-8-12(11-9)10-5-3-2-4-6-10/h2*3-7H,1-2H3;2*3-7H,1-2H3;2*2-6H,1H3;2-8H,1H3. The van der Waals surface area contributed by atoms with Crippen molar-refractivity contribution in [1.82, 2.24) is 39.7 Å². The number of halogens is 6. The van der Waals surface area contributed by atoms with Crippen LogP contribution >= 0.6 is 34.0 Å². The van der Waals surface area contributed by atoms with Crippen LogP contribution in [-0.4, -0.2) is 90.1 Å². The summed E-state index contributed by atoms with van der Waals surface area (Å²) in [5.41, 5.74) is 9.82. The fourth-order valence-corrected chi connectivity index (χ4v) is 11.4. The number of methoxy groups -OCH3 is 2. The normalized spacial score (nSPS) is 10.6. The summed E-state index contributed by atoms with van der Waals surface area (Å²) in [5.74, 6) is 2.65. The van der Waals surface area contributed by atoms with Crippen molar-refractivity contribution in [3.63, 3.8) is 0 Å². The fourth-order valence-electron chi connectivity index (χ4n) is 9.10. The van der Waals surface area contributed by atoms with E-state index in [9.17, 15) is 45.5 Å². The van der Waals surface area contributed by atoms with Gasteiger partial charge < -0.3 is 32.2 Å². The topological polar surface area (TPSA) is 240 Å². The molecular formula is C80H70F6N8O11S3. The lowest BCUT2D eigenvalue weighted by Crippen LogP contribution is -2.16. The summed E-state index contributed by atoms with van der Waals surface area (Å²) in [6.45, 7) is 16.5. The van der Waals surface area contributed by atoms with Gasteiger partial charge in [-0.2, -0.15) is 5.10 Å². The third-order valence-electron chi connectivity index (χ3n) is 14.3. The maximum atomic E-state index is 11.9. The summed E-state index contributed by atoms with van der Waals surface area (Å²) < 4.78 is 106. The average molecular weight is 1530 g/mol. The lowest BCUT2D eigenvalue weighted by atomic mass is 10.1. The van der Waals surface area contributed by atoms with Gasteiger partial charge in [0.25, 0.3) is 0 Å². The number of aromatic nitrogens is 8. The van der Waals surface area contributed by atoms with E-state index in [1.54, 1.807) is 123 Å². The molecule has 0 aliphatic heterocycles. The number of carbonyl (C=O) groups is 4. The number of hydrogen-bond acceptors (Lipinski definition) is 21. The summed E-state index contributed by atoms with van der Waals surface area (Å²) in [4.78, 5) is 72.9.